The second kappa shape index (κ2) is 7.63. The highest BCUT2D eigenvalue weighted by Crippen LogP contribution is 2.21. The molecule has 0 aliphatic carbocycles. The molecule has 2 atom stereocenters. The number of thioether (sulfide) groups is 1. The largest absolute Gasteiger partial charge is 0.467 e. The molecule has 0 aromatic rings. The SMILES string of the molecule is CCC1CN(CC(NC(C)=O)C(=O)OC)CCS1. The first-order valence-electron chi connectivity index (χ1n) is 6.25. The standard InChI is InChI=1S/C12H22N2O3S/c1-4-10-7-14(5-6-18-10)8-11(12(16)17-3)13-9(2)15/h10-11H,4-8H2,1-3H3,(H,13,15). The van der Waals surface area contributed by atoms with Crippen molar-refractivity contribution in [1.29, 1.82) is 0 Å². The molecule has 1 amide bonds. The molecule has 0 aromatic carbocycles. The van der Waals surface area contributed by atoms with E-state index in [-0.39, 0.29) is 11.9 Å². The van der Waals surface area contributed by atoms with E-state index in [1.807, 2.05) is 11.8 Å². The van der Waals surface area contributed by atoms with E-state index < -0.39 is 6.04 Å². The first kappa shape index (κ1) is 15.3. The maximum Gasteiger partial charge on any atom is 0.329 e. The molecule has 0 spiro atoms. The van der Waals surface area contributed by atoms with Gasteiger partial charge in [-0.15, -0.1) is 0 Å². The van der Waals surface area contributed by atoms with Gasteiger partial charge in [0.2, 0.25) is 5.91 Å². The number of amides is 1. The van der Waals surface area contributed by atoms with Gasteiger partial charge in [-0.1, -0.05) is 6.92 Å². The smallest absolute Gasteiger partial charge is 0.329 e. The van der Waals surface area contributed by atoms with Crippen LogP contribution < -0.4 is 5.32 Å². The summed E-state index contributed by atoms with van der Waals surface area (Å²) in [6, 6.07) is -0.562. The van der Waals surface area contributed by atoms with Gasteiger partial charge in [-0.05, 0) is 6.42 Å². The van der Waals surface area contributed by atoms with Gasteiger partial charge in [-0.25, -0.2) is 4.79 Å². The molecule has 2 unspecified atom stereocenters. The van der Waals surface area contributed by atoms with Crippen molar-refractivity contribution in [2.75, 3.05) is 32.5 Å². The molecule has 0 radical (unpaired) electrons. The third kappa shape index (κ3) is 4.86. The van der Waals surface area contributed by atoms with E-state index in [0.717, 1.165) is 25.3 Å². The fraction of sp³-hybridized carbons (Fsp3) is 0.833. The molecule has 1 saturated heterocycles. The van der Waals surface area contributed by atoms with Crippen LogP contribution in [0.1, 0.15) is 20.3 Å². The fourth-order valence-electron chi connectivity index (χ4n) is 2.02. The van der Waals surface area contributed by atoms with Crippen molar-refractivity contribution in [2.24, 2.45) is 0 Å². The minimum absolute atomic E-state index is 0.205. The third-order valence-electron chi connectivity index (χ3n) is 2.98. The summed E-state index contributed by atoms with van der Waals surface area (Å²) in [5, 5.41) is 3.27. The van der Waals surface area contributed by atoms with Crippen LogP contribution in [-0.4, -0.2) is 60.6 Å². The van der Waals surface area contributed by atoms with Crippen LogP contribution in [0.4, 0.5) is 0 Å². The minimum Gasteiger partial charge on any atom is -0.467 e. The highest BCUT2D eigenvalue weighted by atomic mass is 32.2. The lowest BCUT2D eigenvalue weighted by Crippen LogP contribution is -2.51. The molecule has 1 aliphatic heterocycles. The van der Waals surface area contributed by atoms with Gasteiger partial charge in [0.1, 0.15) is 6.04 Å². The van der Waals surface area contributed by atoms with Crippen LogP contribution in [0.15, 0.2) is 0 Å². The van der Waals surface area contributed by atoms with E-state index in [9.17, 15) is 9.59 Å². The molecule has 5 nitrogen and oxygen atoms in total. The Bertz CT molecular complexity index is 299. The van der Waals surface area contributed by atoms with Crippen molar-refractivity contribution in [1.82, 2.24) is 10.2 Å². The zero-order valence-electron chi connectivity index (χ0n) is 11.3. The summed E-state index contributed by atoms with van der Waals surface area (Å²) in [5.74, 6) is 0.493. The summed E-state index contributed by atoms with van der Waals surface area (Å²) < 4.78 is 4.72. The molecule has 0 bridgehead atoms. The average molecular weight is 274 g/mol. The minimum atomic E-state index is -0.562. The Morgan fingerprint density at radius 3 is 2.83 bits per heavy atom. The average Bonchev–Trinajstić information content (AvgIpc) is 2.36. The summed E-state index contributed by atoms with van der Waals surface area (Å²) in [5.41, 5.74) is 0. The molecule has 0 aromatic heterocycles. The number of rotatable bonds is 5. The Balaban J connectivity index is 2.53. The van der Waals surface area contributed by atoms with Crippen molar-refractivity contribution in [3.63, 3.8) is 0 Å². The van der Waals surface area contributed by atoms with Crippen molar-refractivity contribution in [3.05, 3.63) is 0 Å². The van der Waals surface area contributed by atoms with Crippen molar-refractivity contribution in [2.45, 2.75) is 31.6 Å². The van der Waals surface area contributed by atoms with E-state index in [2.05, 4.69) is 17.1 Å². The number of ether oxygens (including phenoxy) is 1. The first-order valence-corrected chi connectivity index (χ1v) is 7.30. The Morgan fingerprint density at radius 2 is 2.28 bits per heavy atom. The van der Waals surface area contributed by atoms with Gasteiger partial charge >= 0.3 is 5.97 Å². The Kier molecular flexibility index (Phi) is 6.49. The number of hydrogen-bond donors (Lipinski definition) is 1. The molecule has 18 heavy (non-hydrogen) atoms. The fourth-order valence-corrected chi connectivity index (χ4v) is 3.27. The van der Waals surface area contributed by atoms with E-state index in [0.29, 0.717) is 11.8 Å². The number of methoxy groups -OCH3 is 1. The lowest BCUT2D eigenvalue weighted by molar-refractivity contribution is -0.145. The number of carbonyl (C=O) groups excluding carboxylic acids is 2. The maximum absolute atomic E-state index is 11.6. The number of nitrogens with zero attached hydrogens (tertiary/aromatic N) is 1. The lowest BCUT2D eigenvalue weighted by Gasteiger charge is -2.33. The van der Waals surface area contributed by atoms with Crippen LogP contribution in [0.5, 0.6) is 0 Å². The van der Waals surface area contributed by atoms with E-state index >= 15 is 0 Å². The molecular formula is C12H22N2O3S. The van der Waals surface area contributed by atoms with Gasteiger partial charge in [0.25, 0.3) is 0 Å². The normalized spacial score (nSPS) is 22.3. The van der Waals surface area contributed by atoms with Crippen LogP contribution in [0.2, 0.25) is 0 Å². The number of esters is 1. The van der Waals surface area contributed by atoms with Crippen LogP contribution in [-0.2, 0) is 14.3 Å². The predicted molar refractivity (Wildman–Crippen MR) is 72.6 cm³/mol. The van der Waals surface area contributed by atoms with Gasteiger partial charge in [-0.3, -0.25) is 9.69 Å². The lowest BCUT2D eigenvalue weighted by atomic mass is 10.2. The summed E-state index contributed by atoms with van der Waals surface area (Å²) in [7, 11) is 1.35. The number of nitrogens with one attached hydrogen (secondary N) is 1. The van der Waals surface area contributed by atoms with Gasteiger partial charge in [0, 0.05) is 37.6 Å². The summed E-state index contributed by atoms with van der Waals surface area (Å²) in [4.78, 5) is 24.9. The van der Waals surface area contributed by atoms with Crippen LogP contribution in [0.3, 0.4) is 0 Å². The quantitative estimate of drug-likeness (QED) is 0.740. The Morgan fingerprint density at radius 1 is 1.56 bits per heavy atom. The number of carbonyl (C=O) groups is 2. The van der Waals surface area contributed by atoms with Gasteiger partial charge in [-0.2, -0.15) is 11.8 Å². The van der Waals surface area contributed by atoms with Crippen LogP contribution in [0.25, 0.3) is 0 Å². The molecular weight excluding hydrogens is 252 g/mol. The summed E-state index contributed by atoms with van der Waals surface area (Å²) in [6.07, 6.45) is 1.13. The van der Waals surface area contributed by atoms with E-state index in [1.54, 1.807) is 0 Å². The molecule has 6 heteroatoms. The monoisotopic (exact) mass is 274 g/mol. The molecule has 1 rings (SSSR count). The molecule has 1 N–H and O–H groups in total. The second-order valence-corrected chi connectivity index (χ2v) is 5.85. The number of hydrogen-bond acceptors (Lipinski definition) is 5. The maximum atomic E-state index is 11.6. The molecule has 1 aliphatic rings. The highest BCUT2D eigenvalue weighted by molar-refractivity contribution is 8.00. The first-order chi connectivity index (χ1) is 8.56. The molecule has 1 fully saturated rings. The van der Waals surface area contributed by atoms with Crippen LogP contribution in [0, 0.1) is 0 Å². The molecule has 1 heterocycles. The Labute approximate surface area is 113 Å². The molecule has 104 valence electrons. The molecule has 0 saturated carbocycles. The summed E-state index contributed by atoms with van der Waals surface area (Å²) in [6.45, 7) is 6.04. The zero-order chi connectivity index (χ0) is 13.5. The van der Waals surface area contributed by atoms with Crippen LogP contribution >= 0.6 is 11.8 Å². The van der Waals surface area contributed by atoms with Crippen molar-refractivity contribution < 1.29 is 14.3 Å². The van der Waals surface area contributed by atoms with Gasteiger partial charge in [0.15, 0.2) is 0 Å². The van der Waals surface area contributed by atoms with Gasteiger partial charge < -0.3 is 10.1 Å². The summed E-state index contributed by atoms with van der Waals surface area (Å²) >= 11 is 1.98. The van der Waals surface area contributed by atoms with Crippen molar-refractivity contribution >= 4 is 23.6 Å². The highest BCUT2D eigenvalue weighted by Gasteiger charge is 2.26. The van der Waals surface area contributed by atoms with Gasteiger partial charge in [0.05, 0.1) is 7.11 Å². The van der Waals surface area contributed by atoms with Crippen molar-refractivity contribution in [3.8, 4) is 0 Å². The zero-order valence-corrected chi connectivity index (χ0v) is 12.1. The topological polar surface area (TPSA) is 58.6 Å². The second-order valence-electron chi connectivity index (χ2n) is 4.44. The van der Waals surface area contributed by atoms with E-state index in [1.165, 1.54) is 14.0 Å². The Hall–Kier alpha value is -0.750. The predicted octanol–water partition coefficient (Wildman–Crippen LogP) is 0.492. The van der Waals surface area contributed by atoms with E-state index in [4.69, 9.17) is 4.74 Å². The third-order valence-corrected chi connectivity index (χ3v) is 4.35.